The predicted octanol–water partition coefficient (Wildman–Crippen LogP) is 5.36. The quantitative estimate of drug-likeness (QED) is 0.726. The second-order valence-electron chi connectivity index (χ2n) is 7.70. The number of rotatable bonds is 4. The normalized spacial score (nSPS) is 21.8. The first-order valence-electron chi connectivity index (χ1n) is 9.87. The summed E-state index contributed by atoms with van der Waals surface area (Å²) < 4.78 is 47.5. The lowest BCUT2D eigenvalue weighted by atomic mass is 9.75. The Hall–Kier alpha value is -2.90. The van der Waals surface area contributed by atoms with Gasteiger partial charge in [-0.1, -0.05) is 18.2 Å². The van der Waals surface area contributed by atoms with Crippen LogP contribution < -0.4 is 4.74 Å². The van der Waals surface area contributed by atoms with Gasteiger partial charge in [0, 0.05) is 23.4 Å². The third-order valence-corrected chi connectivity index (χ3v) is 5.77. The van der Waals surface area contributed by atoms with Gasteiger partial charge in [-0.3, -0.25) is 9.79 Å². The molecule has 2 aliphatic rings. The van der Waals surface area contributed by atoms with Gasteiger partial charge >= 0.3 is 12.1 Å². The zero-order valence-corrected chi connectivity index (χ0v) is 16.3. The van der Waals surface area contributed by atoms with Crippen molar-refractivity contribution >= 4 is 17.4 Å². The van der Waals surface area contributed by atoms with Gasteiger partial charge in [0.2, 0.25) is 5.88 Å². The number of hydrogen-bond donors (Lipinski definition) is 1. The molecule has 1 fully saturated rings. The maximum absolute atomic E-state index is 13.8. The maximum Gasteiger partial charge on any atom is 0.416 e. The first-order valence-corrected chi connectivity index (χ1v) is 9.87. The Morgan fingerprint density at radius 1 is 1.17 bits per heavy atom. The molecule has 4 rings (SSSR count). The molecule has 0 spiro atoms. The number of hydrogen-bond acceptors (Lipinski definition) is 4. The Kier molecular flexibility index (Phi) is 5.26. The largest absolute Gasteiger partial charge is 0.481 e. The molecule has 1 N–H and O–H groups in total. The summed E-state index contributed by atoms with van der Waals surface area (Å²) in [7, 11) is 0. The van der Waals surface area contributed by atoms with Crippen molar-refractivity contribution in [1.29, 1.82) is 0 Å². The van der Waals surface area contributed by atoms with E-state index in [2.05, 4.69) is 9.98 Å². The summed E-state index contributed by atoms with van der Waals surface area (Å²) in [6.45, 7) is 1.53. The number of nitrogens with zero attached hydrogens (tertiary/aromatic N) is 2. The summed E-state index contributed by atoms with van der Waals surface area (Å²) in [5.74, 6) is -3.43. The molecule has 8 heteroatoms. The average Bonchev–Trinajstić information content (AvgIpc) is 3.19. The fourth-order valence-corrected chi connectivity index (χ4v) is 4.44. The monoisotopic (exact) mass is 418 g/mol. The molecule has 1 aliphatic heterocycles. The molecular weight excluding hydrogens is 397 g/mol. The number of ether oxygens (including phenoxy) is 1. The van der Waals surface area contributed by atoms with Crippen LogP contribution >= 0.6 is 0 Å². The molecule has 0 radical (unpaired) electrons. The van der Waals surface area contributed by atoms with Crippen LogP contribution in [0.4, 0.5) is 18.9 Å². The van der Waals surface area contributed by atoms with Gasteiger partial charge in [0.1, 0.15) is 12.0 Å². The molecular formula is C22H21F3N2O3. The van der Waals surface area contributed by atoms with Crippen molar-refractivity contribution in [2.24, 2.45) is 10.9 Å². The molecule has 1 aromatic carbocycles. The second kappa shape index (κ2) is 7.74. The van der Waals surface area contributed by atoms with Crippen LogP contribution in [0.2, 0.25) is 0 Å². The zero-order valence-electron chi connectivity index (χ0n) is 16.3. The van der Waals surface area contributed by atoms with E-state index >= 15 is 0 Å². The summed E-state index contributed by atoms with van der Waals surface area (Å²) in [5, 5.41) is 9.91. The molecule has 2 unspecified atom stereocenters. The van der Waals surface area contributed by atoms with E-state index in [9.17, 15) is 23.1 Å². The zero-order chi connectivity index (χ0) is 21.5. The smallest absolute Gasteiger partial charge is 0.416 e. The van der Waals surface area contributed by atoms with E-state index in [1.165, 1.54) is 31.3 Å². The number of benzene rings is 1. The van der Waals surface area contributed by atoms with Gasteiger partial charge < -0.3 is 9.84 Å². The van der Waals surface area contributed by atoms with Crippen LogP contribution in [0.3, 0.4) is 0 Å². The lowest BCUT2D eigenvalue weighted by Gasteiger charge is -2.32. The van der Waals surface area contributed by atoms with Crippen LogP contribution in [-0.2, 0) is 11.0 Å². The number of aromatic nitrogens is 1. The number of carbonyl (C=O) groups is 1. The number of aliphatic carboxylic acids is 1. The molecule has 2 aromatic rings. The number of fused-ring (bicyclic) bond motifs is 1. The average molecular weight is 418 g/mol. The number of carboxylic acid groups (broad SMARTS) is 1. The summed E-state index contributed by atoms with van der Waals surface area (Å²) in [6, 6.07) is 6.67. The second-order valence-corrected chi connectivity index (χ2v) is 7.70. The summed E-state index contributed by atoms with van der Waals surface area (Å²) in [5.41, 5.74) is -0.0289. The van der Waals surface area contributed by atoms with E-state index in [0.717, 1.165) is 31.7 Å². The molecule has 2 heterocycles. The van der Waals surface area contributed by atoms with Crippen molar-refractivity contribution in [3.05, 3.63) is 53.2 Å². The number of carboxylic acids is 1. The Balaban J connectivity index is 1.93. The lowest BCUT2D eigenvalue weighted by Crippen LogP contribution is -2.33. The van der Waals surface area contributed by atoms with Crippen molar-refractivity contribution in [3.63, 3.8) is 0 Å². The van der Waals surface area contributed by atoms with E-state index < -0.39 is 29.5 Å². The Morgan fingerprint density at radius 2 is 1.87 bits per heavy atom. The molecule has 0 bridgehead atoms. The van der Waals surface area contributed by atoms with Crippen LogP contribution in [-0.4, -0.2) is 27.9 Å². The third kappa shape index (κ3) is 3.66. The first kappa shape index (κ1) is 20.4. The minimum Gasteiger partial charge on any atom is -0.481 e. The van der Waals surface area contributed by atoms with E-state index in [1.807, 2.05) is 0 Å². The van der Waals surface area contributed by atoms with Crippen molar-refractivity contribution in [2.75, 3.05) is 0 Å². The highest BCUT2D eigenvalue weighted by atomic mass is 19.4. The number of aliphatic imine (C=N–C) groups is 1. The summed E-state index contributed by atoms with van der Waals surface area (Å²) >= 11 is 0. The van der Waals surface area contributed by atoms with Crippen molar-refractivity contribution in [2.45, 2.75) is 50.8 Å². The van der Waals surface area contributed by atoms with Gasteiger partial charge in [-0.2, -0.15) is 13.2 Å². The fraction of sp³-hybridized carbons (Fsp3) is 0.409. The van der Waals surface area contributed by atoms with Gasteiger partial charge in [-0.25, -0.2) is 4.98 Å². The van der Waals surface area contributed by atoms with Gasteiger partial charge in [-0.15, -0.1) is 0 Å². The minimum absolute atomic E-state index is 0.0854. The van der Waals surface area contributed by atoms with Crippen molar-refractivity contribution in [1.82, 2.24) is 4.98 Å². The van der Waals surface area contributed by atoms with Gasteiger partial charge in [0.15, 0.2) is 0 Å². The van der Waals surface area contributed by atoms with E-state index in [0.29, 0.717) is 11.3 Å². The van der Waals surface area contributed by atoms with Crippen LogP contribution in [0, 0.1) is 5.92 Å². The minimum atomic E-state index is -4.63. The molecule has 0 saturated heterocycles. The highest BCUT2D eigenvalue weighted by Crippen LogP contribution is 2.49. The Labute approximate surface area is 171 Å². The molecule has 0 amide bonds. The standard InChI is InChI=1S/C22H21F3N2O3/c1-12-17(21(28)29)18(14-8-4-5-9-15(14)22(23,24)25)19-16(27-12)10-11-26-20(19)30-13-6-2-3-7-13/h4-5,8-11,13,17-18H,2-3,6-7H2,1H3,(H,28,29). The third-order valence-electron chi connectivity index (χ3n) is 5.77. The summed E-state index contributed by atoms with van der Waals surface area (Å²) in [4.78, 5) is 20.8. The number of pyridine rings is 1. The molecule has 1 aliphatic carbocycles. The lowest BCUT2D eigenvalue weighted by molar-refractivity contribution is -0.142. The van der Waals surface area contributed by atoms with Gasteiger partial charge in [0.25, 0.3) is 0 Å². The molecule has 1 saturated carbocycles. The molecule has 2 atom stereocenters. The van der Waals surface area contributed by atoms with E-state index in [1.54, 1.807) is 6.07 Å². The van der Waals surface area contributed by atoms with Crippen molar-refractivity contribution in [3.8, 4) is 5.88 Å². The molecule has 1 aromatic heterocycles. The predicted molar refractivity (Wildman–Crippen MR) is 104 cm³/mol. The Morgan fingerprint density at radius 3 is 2.53 bits per heavy atom. The highest BCUT2D eigenvalue weighted by Gasteiger charge is 2.44. The van der Waals surface area contributed by atoms with Crippen molar-refractivity contribution < 1.29 is 27.8 Å². The topological polar surface area (TPSA) is 71.8 Å². The molecule has 5 nitrogen and oxygen atoms in total. The fourth-order valence-electron chi connectivity index (χ4n) is 4.44. The van der Waals surface area contributed by atoms with Gasteiger partial charge in [-0.05, 0) is 50.3 Å². The molecule has 158 valence electrons. The Bertz CT molecular complexity index is 997. The summed E-state index contributed by atoms with van der Waals surface area (Å²) in [6.07, 6.45) is 0.465. The van der Waals surface area contributed by atoms with E-state index in [4.69, 9.17) is 4.74 Å². The highest BCUT2D eigenvalue weighted by molar-refractivity contribution is 6.04. The SMILES string of the molecule is CC1=Nc2ccnc(OC3CCCC3)c2C(c2ccccc2C(F)(F)F)C1C(=O)O. The number of halogens is 3. The van der Waals surface area contributed by atoms with Gasteiger partial charge in [0.05, 0.1) is 11.3 Å². The van der Waals surface area contributed by atoms with Crippen LogP contribution in [0.25, 0.3) is 0 Å². The molecule has 30 heavy (non-hydrogen) atoms. The first-order chi connectivity index (χ1) is 14.3. The number of alkyl halides is 3. The van der Waals surface area contributed by atoms with Crippen LogP contribution in [0.1, 0.15) is 55.2 Å². The van der Waals surface area contributed by atoms with Crippen LogP contribution in [0.5, 0.6) is 5.88 Å². The maximum atomic E-state index is 13.8. The van der Waals surface area contributed by atoms with E-state index in [-0.39, 0.29) is 23.3 Å². The van der Waals surface area contributed by atoms with Crippen LogP contribution in [0.15, 0.2) is 41.5 Å².